The van der Waals surface area contributed by atoms with E-state index < -0.39 is 47.5 Å². The first kappa shape index (κ1) is 21.4. The molecule has 0 aromatic carbocycles. The van der Waals surface area contributed by atoms with Gasteiger partial charge in [-0.25, -0.2) is 0 Å². The number of hydrogen-bond donors (Lipinski definition) is 2. The summed E-state index contributed by atoms with van der Waals surface area (Å²) in [5.41, 5.74) is 0. The molecule has 2 aliphatic rings. The highest BCUT2D eigenvalue weighted by molar-refractivity contribution is 5.82. The van der Waals surface area contributed by atoms with Gasteiger partial charge in [0.15, 0.2) is 0 Å². The fraction of sp³-hybridized carbons (Fsp3) is 0.556. The highest BCUT2D eigenvalue weighted by Crippen LogP contribution is 2.27. The quantitative estimate of drug-likeness (QED) is 0.566. The first-order chi connectivity index (χ1) is 12.3. The predicted octanol–water partition coefficient (Wildman–Crippen LogP) is 1.65. The minimum absolute atomic E-state index is 0.412. The van der Waals surface area contributed by atoms with E-state index in [4.69, 9.17) is 10.2 Å². The second kappa shape index (κ2) is 10.4. The van der Waals surface area contributed by atoms with E-state index in [2.05, 4.69) is 9.47 Å². The van der Waals surface area contributed by atoms with Crippen LogP contribution in [0.3, 0.4) is 0 Å². The summed E-state index contributed by atoms with van der Waals surface area (Å²) < 4.78 is 9.07. The zero-order valence-electron chi connectivity index (χ0n) is 14.8. The van der Waals surface area contributed by atoms with E-state index in [0.29, 0.717) is 25.7 Å². The summed E-state index contributed by atoms with van der Waals surface area (Å²) in [5.74, 6) is -5.03. The number of esters is 2. The van der Waals surface area contributed by atoms with Crippen molar-refractivity contribution in [3.05, 3.63) is 24.3 Å². The van der Waals surface area contributed by atoms with Crippen molar-refractivity contribution in [2.75, 3.05) is 14.2 Å². The summed E-state index contributed by atoms with van der Waals surface area (Å²) in [6.45, 7) is 0. The molecule has 0 saturated heterocycles. The highest BCUT2D eigenvalue weighted by atomic mass is 16.5. The van der Waals surface area contributed by atoms with Crippen LogP contribution in [0.4, 0.5) is 0 Å². The number of carbonyl (C=O) groups excluding carboxylic acids is 2. The molecule has 0 saturated carbocycles. The normalized spacial score (nSPS) is 26.8. The van der Waals surface area contributed by atoms with Crippen LogP contribution in [-0.4, -0.2) is 48.3 Å². The van der Waals surface area contributed by atoms with E-state index >= 15 is 0 Å². The number of methoxy groups -OCH3 is 2. The molecule has 0 heterocycles. The third-order valence-corrected chi connectivity index (χ3v) is 4.51. The lowest BCUT2D eigenvalue weighted by molar-refractivity contribution is -0.155. The number of rotatable bonds is 4. The van der Waals surface area contributed by atoms with Crippen molar-refractivity contribution in [3.8, 4) is 0 Å². The van der Waals surface area contributed by atoms with Gasteiger partial charge in [0, 0.05) is 0 Å². The second-order valence-corrected chi connectivity index (χ2v) is 6.03. The number of carboxylic acids is 2. The monoisotopic (exact) mass is 368 g/mol. The Balaban J connectivity index is 0.000000260. The molecule has 0 aromatic rings. The first-order valence-corrected chi connectivity index (χ1v) is 8.24. The van der Waals surface area contributed by atoms with Gasteiger partial charge in [-0.3, -0.25) is 19.2 Å². The largest absolute Gasteiger partial charge is 0.481 e. The topological polar surface area (TPSA) is 127 Å². The van der Waals surface area contributed by atoms with Crippen molar-refractivity contribution in [2.24, 2.45) is 23.7 Å². The fourth-order valence-corrected chi connectivity index (χ4v) is 3.00. The van der Waals surface area contributed by atoms with E-state index in [-0.39, 0.29) is 0 Å². The van der Waals surface area contributed by atoms with Crippen molar-refractivity contribution < 1.29 is 38.9 Å². The Hall–Kier alpha value is -2.64. The SMILES string of the molecule is COC(=O)[C@@H]1CC=CC[C@@H]1C(=O)O.COC(=O)[C@H]1CC=CC[C@H]1C(=O)O. The molecule has 0 spiro atoms. The Morgan fingerprint density at radius 3 is 1.15 bits per heavy atom. The molecular weight excluding hydrogens is 344 g/mol. The highest BCUT2D eigenvalue weighted by Gasteiger charge is 2.35. The molecule has 2 N–H and O–H groups in total. The smallest absolute Gasteiger partial charge is 0.309 e. The van der Waals surface area contributed by atoms with Crippen LogP contribution in [0.1, 0.15) is 25.7 Å². The van der Waals surface area contributed by atoms with Crippen LogP contribution in [-0.2, 0) is 28.7 Å². The van der Waals surface area contributed by atoms with Crippen LogP contribution in [0, 0.1) is 23.7 Å². The van der Waals surface area contributed by atoms with Gasteiger partial charge in [-0.05, 0) is 25.7 Å². The van der Waals surface area contributed by atoms with Crippen molar-refractivity contribution in [2.45, 2.75) is 25.7 Å². The Labute approximate surface area is 151 Å². The molecule has 0 aliphatic heterocycles. The first-order valence-electron chi connectivity index (χ1n) is 8.24. The van der Waals surface area contributed by atoms with Crippen molar-refractivity contribution in [1.29, 1.82) is 0 Å². The fourth-order valence-electron chi connectivity index (χ4n) is 3.00. The van der Waals surface area contributed by atoms with Gasteiger partial charge < -0.3 is 19.7 Å². The lowest BCUT2D eigenvalue weighted by Gasteiger charge is -2.22. The standard InChI is InChI=1S/2C9H12O4/c2*1-13-9(12)7-5-3-2-4-6(7)8(10)11/h2*2-3,6-7H,4-5H2,1H3,(H,10,11)/t2*6-,7+/m10/s1. The number of carbonyl (C=O) groups is 4. The van der Waals surface area contributed by atoms with Crippen LogP contribution in [0.2, 0.25) is 0 Å². The minimum Gasteiger partial charge on any atom is -0.481 e. The summed E-state index contributed by atoms with van der Waals surface area (Å²) in [6.07, 6.45) is 8.97. The van der Waals surface area contributed by atoms with E-state index in [0.717, 1.165) is 0 Å². The molecular formula is C18H24O8. The minimum atomic E-state index is -0.931. The van der Waals surface area contributed by atoms with E-state index in [9.17, 15) is 19.2 Å². The van der Waals surface area contributed by atoms with Gasteiger partial charge in [-0.2, -0.15) is 0 Å². The molecule has 0 aromatic heterocycles. The van der Waals surface area contributed by atoms with Crippen LogP contribution < -0.4 is 0 Å². The molecule has 0 amide bonds. The second-order valence-electron chi connectivity index (χ2n) is 6.03. The van der Waals surface area contributed by atoms with Crippen LogP contribution in [0.5, 0.6) is 0 Å². The number of carboxylic acid groups (broad SMARTS) is 2. The maximum atomic E-state index is 11.2. The molecule has 8 nitrogen and oxygen atoms in total. The average Bonchev–Trinajstić information content (AvgIpc) is 2.67. The maximum Gasteiger partial charge on any atom is 0.309 e. The molecule has 144 valence electrons. The molecule has 0 bridgehead atoms. The Morgan fingerprint density at radius 2 is 0.923 bits per heavy atom. The van der Waals surface area contributed by atoms with E-state index in [1.54, 1.807) is 12.2 Å². The molecule has 2 aliphatic carbocycles. The molecule has 0 unspecified atom stereocenters. The third kappa shape index (κ3) is 5.72. The molecule has 0 fully saturated rings. The summed E-state index contributed by atoms with van der Waals surface area (Å²) >= 11 is 0. The molecule has 8 heteroatoms. The number of aliphatic carboxylic acids is 2. The summed E-state index contributed by atoms with van der Waals surface area (Å²) in [4.78, 5) is 43.8. The Kier molecular flexibility index (Phi) is 8.54. The average molecular weight is 368 g/mol. The molecule has 4 atom stereocenters. The van der Waals surface area contributed by atoms with E-state index in [1.165, 1.54) is 14.2 Å². The molecule has 2 rings (SSSR count). The van der Waals surface area contributed by atoms with Gasteiger partial charge >= 0.3 is 23.9 Å². The third-order valence-electron chi connectivity index (χ3n) is 4.51. The van der Waals surface area contributed by atoms with Gasteiger partial charge in [0.25, 0.3) is 0 Å². The van der Waals surface area contributed by atoms with Gasteiger partial charge in [0.1, 0.15) is 0 Å². The van der Waals surface area contributed by atoms with Gasteiger partial charge in [0.2, 0.25) is 0 Å². The van der Waals surface area contributed by atoms with Gasteiger partial charge in [0.05, 0.1) is 37.9 Å². The zero-order valence-corrected chi connectivity index (χ0v) is 14.8. The number of hydrogen-bond acceptors (Lipinski definition) is 6. The Morgan fingerprint density at radius 1 is 0.654 bits per heavy atom. The molecule has 26 heavy (non-hydrogen) atoms. The summed E-state index contributed by atoms with van der Waals surface area (Å²) in [5, 5.41) is 17.6. The summed E-state index contributed by atoms with van der Waals surface area (Å²) in [7, 11) is 2.55. The lowest BCUT2D eigenvalue weighted by Crippen LogP contribution is -2.31. The van der Waals surface area contributed by atoms with Crippen LogP contribution in [0.15, 0.2) is 24.3 Å². The number of allylic oxidation sites excluding steroid dienone is 4. The Bertz CT molecular complexity index is 540. The van der Waals surface area contributed by atoms with Crippen LogP contribution in [0.25, 0.3) is 0 Å². The van der Waals surface area contributed by atoms with Gasteiger partial charge in [-0.15, -0.1) is 0 Å². The zero-order chi connectivity index (χ0) is 19.7. The maximum absolute atomic E-state index is 11.2. The molecule has 0 radical (unpaired) electrons. The summed E-state index contributed by atoms with van der Waals surface area (Å²) in [6, 6.07) is 0. The predicted molar refractivity (Wildman–Crippen MR) is 90.0 cm³/mol. The van der Waals surface area contributed by atoms with Crippen molar-refractivity contribution in [3.63, 3.8) is 0 Å². The van der Waals surface area contributed by atoms with Crippen molar-refractivity contribution in [1.82, 2.24) is 0 Å². The van der Waals surface area contributed by atoms with Crippen molar-refractivity contribution >= 4 is 23.9 Å². The van der Waals surface area contributed by atoms with E-state index in [1.807, 2.05) is 12.2 Å². The lowest BCUT2D eigenvalue weighted by atomic mass is 9.83. The number of ether oxygens (including phenoxy) is 2. The van der Waals surface area contributed by atoms with Crippen LogP contribution >= 0.6 is 0 Å². The van der Waals surface area contributed by atoms with Gasteiger partial charge in [-0.1, -0.05) is 24.3 Å².